The molecule has 1 aliphatic carbocycles. The van der Waals surface area contributed by atoms with Gasteiger partial charge in [0.2, 0.25) is 0 Å². The van der Waals surface area contributed by atoms with E-state index in [-0.39, 0.29) is 0 Å². The van der Waals surface area contributed by atoms with Gasteiger partial charge in [0.25, 0.3) is 0 Å². The lowest BCUT2D eigenvalue weighted by Gasteiger charge is -2.27. The van der Waals surface area contributed by atoms with Crippen molar-refractivity contribution in [2.24, 2.45) is 0 Å². The first kappa shape index (κ1) is 12.9. The molecule has 1 aromatic carbocycles. The fourth-order valence-electron chi connectivity index (χ4n) is 3.03. The predicted octanol–water partition coefficient (Wildman–Crippen LogP) is 4.44. The van der Waals surface area contributed by atoms with Crippen LogP contribution in [0.3, 0.4) is 0 Å². The van der Waals surface area contributed by atoms with Crippen molar-refractivity contribution in [3.8, 4) is 0 Å². The second kappa shape index (κ2) is 5.10. The summed E-state index contributed by atoms with van der Waals surface area (Å²) in [5.41, 5.74) is 1.82. The summed E-state index contributed by atoms with van der Waals surface area (Å²) < 4.78 is 0. The van der Waals surface area contributed by atoms with Crippen LogP contribution < -0.4 is 5.32 Å². The highest BCUT2D eigenvalue weighted by molar-refractivity contribution is 7.12. The standard InChI is InChI=1S/C17H21NS/c1-3-18-16(15-10-9-13(2)19-15)17(11-12-17)14-7-5-4-6-8-14/h4-10,16,18H,3,11-12H2,1-2H3. The van der Waals surface area contributed by atoms with Crippen molar-refractivity contribution in [2.45, 2.75) is 38.1 Å². The lowest BCUT2D eigenvalue weighted by Crippen LogP contribution is -2.31. The van der Waals surface area contributed by atoms with Gasteiger partial charge in [0.05, 0.1) is 6.04 Å². The molecule has 1 saturated carbocycles. The Morgan fingerprint density at radius 3 is 2.42 bits per heavy atom. The molecule has 0 aliphatic heterocycles. The second-order valence-corrected chi connectivity index (χ2v) is 6.78. The van der Waals surface area contributed by atoms with Crippen molar-refractivity contribution < 1.29 is 0 Å². The largest absolute Gasteiger partial charge is 0.309 e. The molecule has 1 N–H and O–H groups in total. The predicted molar refractivity (Wildman–Crippen MR) is 82.8 cm³/mol. The number of hydrogen-bond donors (Lipinski definition) is 1. The summed E-state index contributed by atoms with van der Waals surface area (Å²) in [5, 5.41) is 3.72. The molecule has 0 radical (unpaired) electrons. The molecule has 2 aromatic rings. The number of rotatable bonds is 5. The minimum atomic E-state index is 0.328. The monoisotopic (exact) mass is 271 g/mol. The number of likely N-dealkylation sites (N-methyl/N-ethyl adjacent to an activating group) is 1. The average molecular weight is 271 g/mol. The molecule has 0 saturated heterocycles. The molecular formula is C17H21NS. The van der Waals surface area contributed by atoms with E-state index < -0.39 is 0 Å². The van der Waals surface area contributed by atoms with Crippen molar-refractivity contribution in [3.05, 3.63) is 57.8 Å². The van der Waals surface area contributed by atoms with E-state index in [2.05, 4.69) is 61.6 Å². The van der Waals surface area contributed by atoms with E-state index in [1.165, 1.54) is 28.2 Å². The highest BCUT2D eigenvalue weighted by Crippen LogP contribution is 2.57. The van der Waals surface area contributed by atoms with Crippen LogP contribution in [-0.2, 0) is 5.41 Å². The van der Waals surface area contributed by atoms with Crippen molar-refractivity contribution in [2.75, 3.05) is 6.54 Å². The zero-order chi connectivity index (χ0) is 13.3. The third-order valence-corrected chi connectivity index (χ3v) is 5.21. The molecule has 1 aromatic heterocycles. The minimum absolute atomic E-state index is 0.328. The van der Waals surface area contributed by atoms with Gasteiger partial charge in [-0.3, -0.25) is 0 Å². The summed E-state index contributed by atoms with van der Waals surface area (Å²) >= 11 is 1.93. The van der Waals surface area contributed by atoms with Crippen LogP contribution in [0.5, 0.6) is 0 Å². The van der Waals surface area contributed by atoms with Gasteiger partial charge in [-0.2, -0.15) is 0 Å². The molecule has 3 rings (SSSR count). The second-order valence-electron chi connectivity index (χ2n) is 5.46. The Balaban J connectivity index is 1.96. The Bertz CT molecular complexity index is 539. The van der Waals surface area contributed by atoms with Crippen LogP contribution in [-0.4, -0.2) is 6.54 Å². The molecule has 1 nitrogen and oxygen atoms in total. The summed E-state index contributed by atoms with van der Waals surface area (Å²) in [6.07, 6.45) is 2.59. The van der Waals surface area contributed by atoms with E-state index in [4.69, 9.17) is 0 Å². The first-order valence-corrected chi connectivity index (χ1v) is 7.93. The third-order valence-electron chi connectivity index (χ3n) is 4.14. The molecule has 0 spiro atoms. The summed E-state index contributed by atoms with van der Waals surface area (Å²) in [4.78, 5) is 2.89. The summed E-state index contributed by atoms with van der Waals surface area (Å²) in [7, 11) is 0. The van der Waals surface area contributed by atoms with Crippen molar-refractivity contribution >= 4 is 11.3 Å². The molecule has 2 heteroatoms. The van der Waals surface area contributed by atoms with Crippen LogP contribution in [0, 0.1) is 6.92 Å². The van der Waals surface area contributed by atoms with Crippen LogP contribution >= 0.6 is 11.3 Å². The first-order chi connectivity index (χ1) is 9.26. The molecule has 100 valence electrons. The van der Waals surface area contributed by atoms with Crippen LogP contribution in [0.1, 0.15) is 41.1 Å². The molecule has 0 amide bonds. The van der Waals surface area contributed by atoms with Gasteiger partial charge in [-0.05, 0) is 44.0 Å². The number of thiophene rings is 1. The Morgan fingerprint density at radius 1 is 1.16 bits per heavy atom. The maximum atomic E-state index is 3.72. The molecule has 0 bridgehead atoms. The molecular weight excluding hydrogens is 250 g/mol. The van der Waals surface area contributed by atoms with E-state index >= 15 is 0 Å². The van der Waals surface area contributed by atoms with Gasteiger partial charge >= 0.3 is 0 Å². The van der Waals surface area contributed by atoms with E-state index in [0.29, 0.717) is 11.5 Å². The summed E-state index contributed by atoms with van der Waals surface area (Å²) in [6.45, 7) is 5.42. The Morgan fingerprint density at radius 2 is 1.89 bits per heavy atom. The smallest absolute Gasteiger partial charge is 0.0512 e. The minimum Gasteiger partial charge on any atom is -0.309 e. The highest BCUT2D eigenvalue weighted by Gasteiger charge is 2.51. The molecule has 1 fully saturated rings. The fraction of sp³-hybridized carbons (Fsp3) is 0.412. The molecule has 1 aliphatic rings. The zero-order valence-electron chi connectivity index (χ0n) is 11.6. The van der Waals surface area contributed by atoms with Crippen molar-refractivity contribution in [1.29, 1.82) is 0 Å². The van der Waals surface area contributed by atoms with E-state index in [1.807, 2.05) is 11.3 Å². The molecule has 1 unspecified atom stereocenters. The van der Waals surface area contributed by atoms with Crippen LogP contribution in [0.2, 0.25) is 0 Å². The maximum Gasteiger partial charge on any atom is 0.0512 e. The number of benzene rings is 1. The SMILES string of the molecule is CCNC(c1ccc(C)s1)C1(c2ccccc2)CC1. The maximum absolute atomic E-state index is 3.72. The van der Waals surface area contributed by atoms with Crippen LogP contribution in [0.4, 0.5) is 0 Å². The fourth-order valence-corrected chi connectivity index (χ4v) is 4.10. The van der Waals surface area contributed by atoms with Gasteiger partial charge in [-0.1, -0.05) is 37.3 Å². The number of nitrogens with one attached hydrogen (secondary N) is 1. The van der Waals surface area contributed by atoms with Crippen molar-refractivity contribution in [1.82, 2.24) is 5.32 Å². The molecule has 1 atom stereocenters. The molecule has 1 heterocycles. The normalized spacial score (nSPS) is 18.2. The van der Waals surface area contributed by atoms with Crippen LogP contribution in [0.25, 0.3) is 0 Å². The van der Waals surface area contributed by atoms with E-state index in [9.17, 15) is 0 Å². The van der Waals surface area contributed by atoms with Gasteiger partial charge in [0.1, 0.15) is 0 Å². The average Bonchev–Trinajstić information content (AvgIpc) is 3.14. The van der Waals surface area contributed by atoms with Gasteiger partial charge in [-0.25, -0.2) is 0 Å². The van der Waals surface area contributed by atoms with Gasteiger partial charge in [0, 0.05) is 15.2 Å². The summed E-state index contributed by atoms with van der Waals surface area (Å²) in [5.74, 6) is 0. The number of aryl methyl sites for hydroxylation is 1. The van der Waals surface area contributed by atoms with E-state index in [0.717, 1.165) is 6.54 Å². The third kappa shape index (κ3) is 2.35. The van der Waals surface area contributed by atoms with E-state index in [1.54, 1.807) is 0 Å². The van der Waals surface area contributed by atoms with Crippen molar-refractivity contribution in [3.63, 3.8) is 0 Å². The lowest BCUT2D eigenvalue weighted by atomic mass is 9.87. The first-order valence-electron chi connectivity index (χ1n) is 7.11. The van der Waals surface area contributed by atoms with Gasteiger partial charge in [0.15, 0.2) is 0 Å². The highest BCUT2D eigenvalue weighted by atomic mass is 32.1. The van der Waals surface area contributed by atoms with Gasteiger partial charge < -0.3 is 5.32 Å². The zero-order valence-corrected chi connectivity index (χ0v) is 12.5. The number of hydrogen-bond acceptors (Lipinski definition) is 2. The Kier molecular flexibility index (Phi) is 3.46. The van der Waals surface area contributed by atoms with Crippen LogP contribution in [0.15, 0.2) is 42.5 Å². The topological polar surface area (TPSA) is 12.0 Å². The summed E-state index contributed by atoms with van der Waals surface area (Å²) in [6, 6.07) is 16.0. The molecule has 19 heavy (non-hydrogen) atoms. The lowest BCUT2D eigenvalue weighted by molar-refractivity contribution is 0.446. The Labute approximate surface area is 119 Å². The van der Waals surface area contributed by atoms with Gasteiger partial charge in [-0.15, -0.1) is 11.3 Å². The Hall–Kier alpha value is -1.12. The quantitative estimate of drug-likeness (QED) is 0.847.